The van der Waals surface area contributed by atoms with E-state index in [0.29, 0.717) is 0 Å². The summed E-state index contributed by atoms with van der Waals surface area (Å²) in [5, 5.41) is 4.07. The van der Waals surface area contributed by atoms with Crippen LogP contribution in [0, 0.1) is 0 Å². The Bertz CT molecular complexity index is 601. The molecule has 0 amide bonds. The molecule has 1 aromatic heterocycles. The molecule has 2 aromatic rings. The van der Waals surface area contributed by atoms with Gasteiger partial charge in [0.1, 0.15) is 18.0 Å². The molecule has 4 nitrogen and oxygen atoms in total. The number of anilines is 2. The number of nitrogens with one attached hydrogen (secondary N) is 1. The first-order valence-electron chi connectivity index (χ1n) is 7.19. The lowest BCUT2D eigenvalue weighted by Crippen LogP contribution is -2.21. The average molecular weight is 305 g/mol. The second kappa shape index (κ2) is 7.27. The van der Waals surface area contributed by atoms with E-state index in [9.17, 15) is 0 Å². The first-order chi connectivity index (χ1) is 10.2. The van der Waals surface area contributed by atoms with Crippen LogP contribution in [0.3, 0.4) is 0 Å². The molecule has 0 saturated carbocycles. The van der Waals surface area contributed by atoms with Crippen molar-refractivity contribution in [3.8, 4) is 0 Å². The molecular weight excluding hydrogens is 284 g/mol. The molecule has 0 spiro atoms. The summed E-state index contributed by atoms with van der Waals surface area (Å²) in [7, 11) is 2.03. The third kappa shape index (κ3) is 3.64. The summed E-state index contributed by atoms with van der Waals surface area (Å²) in [6.07, 6.45) is 2.49. The van der Waals surface area contributed by atoms with Crippen LogP contribution in [-0.4, -0.2) is 23.6 Å². The van der Waals surface area contributed by atoms with Crippen molar-refractivity contribution in [2.24, 2.45) is 0 Å². The second-order valence-corrected chi connectivity index (χ2v) is 5.26. The number of rotatable bonds is 6. The fourth-order valence-electron chi connectivity index (χ4n) is 2.33. The van der Waals surface area contributed by atoms with Gasteiger partial charge in [0.2, 0.25) is 0 Å². The molecule has 21 heavy (non-hydrogen) atoms. The third-order valence-electron chi connectivity index (χ3n) is 3.35. The van der Waals surface area contributed by atoms with E-state index in [1.807, 2.05) is 31.3 Å². The predicted molar refractivity (Wildman–Crippen MR) is 89.1 cm³/mol. The quantitative estimate of drug-likeness (QED) is 0.882. The summed E-state index contributed by atoms with van der Waals surface area (Å²) in [5.74, 6) is 1.86. The molecule has 1 N–H and O–H groups in total. The molecule has 5 heteroatoms. The van der Waals surface area contributed by atoms with Gasteiger partial charge in [0.15, 0.2) is 0 Å². The minimum Gasteiger partial charge on any atom is -0.370 e. The van der Waals surface area contributed by atoms with Crippen LogP contribution >= 0.6 is 11.6 Å². The number of halogens is 1. The summed E-state index contributed by atoms with van der Waals surface area (Å²) >= 11 is 6.24. The highest BCUT2D eigenvalue weighted by atomic mass is 35.5. The van der Waals surface area contributed by atoms with Gasteiger partial charge in [-0.05, 0) is 25.0 Å². The Morgan fingerprint density at radius 1 is 1.19 bits per heavy atom. The van der Waals surface area contributed by atoms with Crippen LogP contribution < -0.4 is 10.2 Å². The lowest BCUT2D eigenvalue weighted by molar-refractivity contribution is 0.870. The number of benzene rings is 1. The second-order valence-electron chi connectivity index (χ2n) is 4.86. The Kier molecular flexibility index (Phi) is 5.39. The highest BCUT2D eigenvalue weighted by molar-refractivity contribution is 6.31. The van der Waals surface area contributed by atoms with Crippen molar-refractivity contribution in [3.05, 3.63) is 46.7 Å². The Balaban J connectivity index is 2.28. The number of hydrogen-bond acceptors (Lipinski definition) is 4. The molecular formula is C16H21ClN4. The van der Waals surface area contributed by atoms with Crippen molar-refractivity contribution < 1.29 is 0 Å². The first-order valence-corrected chi connectivity index (χ1v) is 7.57. The molecule has 0 unspecified atom stereocenters. The fourth-order valence-corrected chi connectivity index (χ4v) is 2.53. The highest BCUT2D eigenvalue weighted by Crippen LogP contribution is 2.25. The molecule has 0 aliphatic rings. The standard InChI is InChI=1S/C16H21ClN4/c1-4-13-15(18-5-2)19-11-20-16(13)21(3)10-12-8-6-7-9-14(12)17/h6-9,11H,4-5,10H2,1-3H3,(H,18,19,20). The van der Waals surface area contributed by atoms with Crippen LogP contribution in [0.25, 0.3) is 0 Å². The van der Waals surface area contributed by atoms with E-state index < -0.39 is 0 Å². The Morgan fingerprint density at radius 3 is 2.62 bits per heavy atom. The number of hydrogen-bond donors (Lipinski definition) is 1. The maximum Gasteiger partial charge on any atom is 0.137 e. The molecule has 0 aliphatic heterocycles. The van der Waals surface area contributed by atoms with Gasteiger partial charge in [-0.3, -0.25) is 0 Å². The Hall–Kier alpha value is -1.81. The van der Waals surface area contributed by atoms with Gasteiger partial charge < -0.3 is 10.2 Å². The van der Waals surface area contributed by atoms with Gasteiger partial charge in [-0.1, -0.05) is 36.7 Å². The van der Waals surface area contributed by atoms with Crippen molar-refractivity contribution in [2.45, 2.75) is 26.8 Å². The number of aromatic nitrogens is 2. The minimum atomic E-state index is 0.718. The zero-order valence-corrected chi connectivity index (χ0v) is 13.5. The summed E-state index contributed by atoms with van der Waals surface area (Å²) < 4.78 is 0. The van der Waals surface area contributed by atoms with Crippen molar-refractivity contribution in [2.75, 3.05) is 23.8 Å². The zero-order chi connectivity index (χ0) is 15.2. The normalized spacial score (nSPS) is 10.5. The van der Waals surface area contributed by atoms with Gasteiger partial charge in [-0.2, -0.15) is 0 Å². The van der Waals surface area contributed by atoms with E-state index in [1.54, 1.807) is 6.33 Å². The van der Waals surface area contributed by atoms with Crippen LogP contribution in [0.2, 0.25) is 5.02 Å². The van der Waals surface area contributed by atoms with E-state index in [-0.39, 0.29) is 0 Å². The van der Waals surface area contributed by atoms with Crippen LogP contribution in [0.5, 0.6) is 0 Å². The fraction of sp³-hybridized carbons (Fsp3) is 0.375. The van der Waals surface area contributed by atoms with E-state index in [2.05, 4.69) is 34.0 Å². The molecule has 1 aromatic carbocycles. The van der Waals surface area contributed by atoms with Gasteiger partial charge in [-0.25, -0.2) is 9.97 Å². The topological polar surface area (TPSA) is 41.1 Å². The first kappa shape index (κ1) is 15.6. The summed E-state index contributed by atoms with van der Waals surface area (Å²) in [5.41, 5.74) is 2.22. The average Bonchev–Trinajstić information content (AvgIpc) is 2.49. The summed E-state index contributed by atoms with van der Waals surface area (Å²) in [4.78, 5) is 10.9. The van der Waals surface area contributed by atoms with Gasteiger partial charge >= 0.3 is 0 Å². The van der Waals surface area contributed by atoms with E-state index in [1.165, 1.54) is 0 Å². The monoisotopic (exact) mass is 304 g/mol. The van der Waals surface area contributed by atoms with Gasteiger partial charge in [0, 0.05) is 30.7 Å². The maximum atomic E-state index is 6.24. The zero-order valence-electron chi connectivity index (χ0n) is 12.7. The molecule has 0 bridgehead atoms. The third-order valence-corrected chi connectivity index (χ3v) is 3.72. The molecule has 0 fully saturated rings. The Labute approximate surface area is 131 Å². The lowest BCUT2D eigenvalue weighted by Gasteiger charge is -2.22. The van der Waals surface area contributed by atoms with Crippen LogP contribution in [0.15, 0.2) is 30.6 Å². The van der Waals surface area contributed by atoms with Crippen molar-refractivity contribution in [3.63, 3.8) is 0 Å². The number of nitrogens with zero attached hydrogens (tertiary/aromatic N) is 3. The smallest absolute Gasteiger partial charge is 0.137 e. The molecule has 0 saturated heterocycles. The van der Waals surface area contributed by atoms with Crippen molar-refractivity contribution in [1.29, 1.82) is 0 Å². The summed E-state index contributed by atoms with van der Waals surface area (Å²) in [6.45, 7) is 5.74. The molecule has 112 valence electrons. The predicted octanol–water partition coefficient (Wildman–Crippen LogP) is 3.76. The molecule has 0 radical (unpaired) electrons. The van der Waals surface area contributed by atoms with Crippen LogP contribution in [0.1, 0.15) is 25.0 Å². The minimum absolute atomic E-state index is 0.718. The van der Waals surface area contributed by atoms with E-state index in [4.69, 9.17) is 11.6 Å². The maximum absolute atomic E-state index is 6.24. The van der Waals surface area contributed by atoms with Crippen LogP contribution in [-0.2, 0) is 13.0 Å². The van der Waals surface area contributed by atoms with Gasteiger partial charge in [-0.15, -0.1) is 0 Å². The molecule has 1 heterocycles. The van der Waals surface area contributed by atoms with Crippen LogP contribution in [0.4, 0.5) is 11.6 Å². The lowest BCUT2D eigenvalue weighted by atomic mass is 10.1. The molecule has 0 atom stereocenters. The SMILES string of the molecule is CCNc1ncnc(N(C)Cc2ccccc2Cl)c1CC. The largest absolute Gasteiger partial charge is 0.370 e. The highest BCUT2D eigenvalue weighted by Gasteiger charge is 2.14. The van der Waals surface area contributed by atoms with E-state index >= 15 is 0 Å². The molecule has 2 rings (SSSR count). The van der Waals surface area contributed by atoms with Gasteiger partial charge in [0.25, 0.3) is 0 Å². The van der Waals surface area contributed by atoms with E-state index in [0.717, 1.165) is 47.3 Å². The van der Waals surface area contributed by atoms with Gasteiger partial charge in [0.05, 0.1) is 0 Å². The van der Waals surface area contributed by atoms with Crippen molar-refractivity contribution >= 4 is 23.2 Å². The summed E-state index contributed by atoms with van der Waals surface area (Å²) in [6, 6.07) is 7.89. The Morgan fingerprint density at radius 2 is 1.95 bits per heavy atom. The van der Waals surface area contributed by atoms with Crippen molar-refractivity contribution in [1.82, 2.24) is 9.97 Å². The molecule has 0 aliphatic carbocycles.